The lowest BCUT2D eigenvalue weighted by Gasteiger charge is -2.20. The van der Waals surface area contributed by atoms with Gasteiger partial charge in [-0.2, -0.15) is 0 Å². The number of rotatable bonds is 4. The summed E-state index contributed by atoms with van der Waals surface area (Å²) >= 11 is 0. The summed E-state index contributed by atoms with van der Waals surface area (Å²) in [4.78, 5) is 15.4. The molecule has 4 heterocycles. The van der Waals surface area contributed by atoms with Gasteiger partial charge in [-0.1, -0.05) is 6.07 Å². The topological polar surface area (TPSA) is 60.4 Å². The van der Waals surface area contributed by atoms with E-state index in [9.17, 15) is 0 Å². The van der Waals surface area contributed by atoms with Crippen LogP contribution in [0.2, 0.25) is 0 Å². The molecule has 1 saturated heterocycles. The van der Waals surface area contributed by atoms with E-state index in [2.05, 4.69) is 38.9 Å². The third-order valence-corrected chi connectivity index (χ3v) is 4.70. The molecule has 2 aromatic rings. The summed E-state index contributed by atoms with van der Waals surface area (Å²) in [6.07, 6.45) is 5.62. The predicted molar refractivity (Wildman–Crippen MR) is 89.1 cm³/mol. The number of likely N-dealkylation sites (tertiary alicyclic amines) is 1. The van der Waals surface area contributed by atoms with Gasteiger partial charge in [0.15, 0.2) is 5.75 Å². The van der Waals surface area contributed by atoms with E-state index in [0.717, 1.165) is 55.7 Å². The maximum absolute atomic E-state index is 6.03. The summed E-state index contributed by atoms with van der Waals surface area (Å²) < 4.78 is 11.6. The third kappa shape index (κ3) is 3.19. The van der Waals surface area contributed by atoms with Crippen LogP contribution in [-0.2, 0) is 13.0 Å². The molecule has 0 amide bonds. The first-order valence-corrected chi connectivity index (χ1v) is 8.48. The summed E-state index contributed by atoms with van der Waals surface area (Å²) in [6, 6.07) is 4.71. The van der Waals surface area contributed by atoms with E-state index in [1.807, 2.05) is 6.92 Å². The Hall–Kier alpha value is -2.21. The molecule has 2 aromatic heterocycles. The van der Waals surface area contributed by atoms with Crippen molar-refractivity contribution in [3.05, 3.63) is 41.6 Å². The van der Waals surface area contributed by atoms with Crippen LogP contribution in [0.15, 0.2) is 24.5 Å². The number of pyridine rings is 1. The van der Waals surface area contributed by atoms with Crippen LogP contribution >= 0.6 is 0 Å². The van der Waals surface area contributed by atoms with E-state index in [0.29, 0.717) is 6.04 Å². The average molecular weight is 326 g/mol. The summed E-state index contributed by atoms with van der Waals surface area (Å²) in [6.45, 7) is 6.56. The maximum atomic E-state index is 6.03. The van der Waals surface area contributed by atoms with Crippen molar-refractivity contribution in [1.82, 2.24) is 19.9 Å². The molecule has 2 atom stereocenters. The minimum Gasteiger partial charge on any atom is -0.486 e. The highest BCUT2D eigenvalue weighted by atomic mass is 16.5. The number of hydrogen-bond donors (Lipinski definition) is 0. The smallest absolute Gasteiger partial charge is 0.216 e. The highest BCUT2D eigenvalue weighted by molar-refractivity contribution is 5.31. The molecular weight excluding hydrogens is 304 g/mol. The molecule has 6 heteroatoms. The van der Waals surface area contributed by atoms with Crippen molar-refractivity contribution in [2.75, 3.05) is 13.2 Å². The standard InChI is InChI=1S/C18H22N4O2/c1-12-7-16(24-17-8-19-13(2)20-9-17)11-22(12)10-15-4-3-14-5-6-23-18(14)21-15/h3-4,8-9,12,16H,5-7,10-11H2,1-2H3/t12-,16+/m0/s1. The van der Waals surface area contributed by atoms with Gasteiger partial charge in [0.25, 0.3) is 0 Å². The van der Waals surface area contributed by atoms with E-state index in [-0.39, 0.29) is 6.10 Å². The Morgan fingerprint density at radius 3 is 2.96 bits per heavy atom. The van der Waals surface area contributed by atoms with Gasteiger partial charge in [-0.25, -0.2) is 15.0 Å². The van der Waals surface area contributed by atoms with Crippen LogP contribution in [0.4, 0.5) is 0 Å². The second-order valence-electron chi connectivity index (χ2n) is 6.59. The summed E-state index contributed by atoms with van der Waals surface area (Å²) in [5.74, 6) is 2.31. The van der Waals surface area contributed by atoms with E-state index in [1.54, 1.807) is 12.4 Å². The van der Waals surface area contributed by atoms with Gasteiger partial charge in [0.2, 0.25) is 5.88 Å². The Morgan fingerprint density at radius 2 is 2.12 bits per heavy atom. The molecule has 0 aromatic carbocycles. The van der Waals surface area contributed by atoms with Gasteiger partial charge in [0, 0.05) is 37.5 Å². The fourth-order valence-electron chi connectivity index (χ4n) is 3.36. The third-order valence-electron chi connectivity index (χ3n) is 4.70. The van der Waals surface area contributed by atoms with E-state index < -0.39 is 0 Å². The molecule has 0 N–H and O–H groups in total. The Balaban J connectivity index is 1.39. The molecule has 0 radical (unpaired) electrons. The largest absolute Gasteiger partial charge is 0.486 e. The summed E-state index contributed by atoms with van der Waals surface area (Å²) in [7, 11) is 0. The highest BCUT2D eigenvalue weighted by Gasteiger charge is 2.31. The lowest BCUT2D eigenvalue weighted by Crippen LogP contribution is -2.28. The molecule has 2 aliphatic heterocycles. The fourth-order valence-corrected chi connectivity index (χ4v) is 3.36. The quantitative estimate of drug-likeness (QED) is 0.858. The zero-order valence-electron chi connectivity index (χ0n) is 14.1. The molecule has 0 saturated carbocycles. The molecule has 24 heavy (non-hydrogen) atoms. The SMILES string of the molecule is Cc1ncc(O[C@@H]2C[C@H](C)N(Cc3ccc4c(n3)OCC4)C2)cn1. The number of hydrogen-bond acceptors (Lipinski definition) is 6. The van der Waals surface area contributed by atoms with Crippen LogP contribution in [-0.4, -0.2) is 45.1 Å². The zero-order valence-corrected chi connectivity index (χ0v) is 14.1. The first kappa shape index (κ1) is 15.3. The van der Waals surface area contributed by atoms with Crippen LogP contribution in [0, 0.1) is 6.92 Å². The van der Waals surface area contributed by atoms with Crippen molar-refractivity contribution in [1.29, 1.82) is 0 Å². The van der Waals surface area contributed by atoms with Crippen molar-refractivity contribution in [3.63, 3.8) is 0 Å². The van der Waals surface area contributed by atoms with Crippen molar-refractivity contribution >= 4 is 0 Å². The van der Waals surface area contributed by atoms with Gasteiger partial charge < -0.3 is 9.47 Å². The number of ether oxygens (including phenoxy) is 2. The van der Waals surface area contributed by atoms with Crippen molar-refractivity contribution < 1.29 is 9.47 Å². The lowest BCUT2D eigenvalue weighted by atomic mass is 10.2. The fraction of sp³-hybridized carbons (Fsp3) is 0.500. The zero-order chi connectivity index (χ0) is 16.5. The monoisotopic (exact) mass is 326 g/mol. The van der Waals surface area contributed by atoms with Crippen molar-refractivity contribution in [2.24, 2.45) is 0 Å². The highest BCUT2D eigenvalue weighted by Crippen LogP contribution is 2.26. The maximum Gasteiger partial charge on any atom is 0.216 e. The molecule has 2 aliphatic rings. The van der Waals surface area contributed by atoms with E-state index in [1.165, 1.54) is 5.56 Å². The molecule has 0 bridgehead atoms. The van der Waals surface area contributed by atoms with E-state index >= 15 is 0 Å². The van der Waals surface area contributed by atoms with Crippen molar-refractivity contribution in [3.8, 4) is 11.6 Å². The van der Waals surface area contributed by atoms with Gasteiger partial charge in [-0.15, -0.1) is 0 Å². The van der Waals surface area contributed by atoms with Crippen molar-refractivity contribution in [2.45, 2.75) is 45.4 Å². The number of aromatic nitrogens is 3. The van der Waals surface area contributed by atoms with Crippen LogP contribution in [0.25, 0.3) is 0 Å². The molecule has 126 valence electrons. The lowest BCUT2D eigenvalue weighted by molar-refractivity contribution is 0.192. The normalized spacial score (nSPS) is 23.1. The Morgan fingerprint density at radius 1 is 1.29 bits per heavy atom. The Bertz CT molecular complexity index is 719. The first-order chi connectivity index (χ1) is 11.7. The predicted octanol–water partition coefficient (Wildman–Crippen LogP) is 2.16. The number of aryl methyl sites for hydroxylation is 1. The molecule has 6 nitrogen and oxygen atoms in total. The second kappa shape index (κ2) is 6.36. The van der Waals surface area contributed by atoms with Gasteiger partial charge in [0.05, 0.1) is 24.7 Å². The first-order valence-electron chi connectivity index (χ1n) is 8.48. The van der Waals surface area contributed by atoms with Crippen LogP contribution in [0.5, 0.6) is 11.6 Å². The number of nitrogens with zero attached hydrogens (tertiary/aromatic N) is 4. The molecule has 1 fully saturated rings. The average Bonchev–Trinajstić information content (AvgIpc) is 3.16. The Kier molecular flexibility index (Phi) is 4.06. The van der Waals surface area contributed by atoms with Gasteiger partial charge >= 0.3 is 0 Å². The number of fused-ring (bicyclic) bond motifs is 1. The molecule has 0 unspecified atom stereocenters. The Labute approximate surface area is 141 Å². The summed E-state index contributed by atoms with van der Waals surface area (Å²) in [5.41, 5.74) is 2.27. The van der Waals surface area contributed by atoms with Gasteiger partial charge in [-0.3, -0.25) is 4.90 Å². The van der Waals surface area contributed by atoms with Crippen LogP contribution in [0.1, 0.15) is 30.4 Å². The van der Waals surface area contributed by atoms with Crippen LogP contribution in [0.3, 0.4) is 0 Å². The molecule has 0 aliphatic carbocycles. The summed E-state index contributed by atoms with van der Waals surface area (Å²) in [5, 5.41) is 0. The molecule has 0 spiro atoms. The molecular formula is C18H22N4O2. The van der Waals surface area contributed by atoms with Gasteiger partial charge in [0.1, 0.15) is 11.9 Å². The molecule has 4 rings (SSSR count). The van der Waals surface area contributed by atoms with Crippen LogP contribution < -0.4 is 9.47 Å². The minimum atomic E-state index is 0.164. The second-order valence-corrected chi connectivity index (χ2v) is 6.59. The minimum absolute atomic E-state index is 0.164. The van der Waals surface area contributed by atoms with E-state index in [4.69, 9.17) is 9.47 Å². The van der Waals surface area contributed by atoms with Gasteiger partial charge in [-0.05, 0) is 19.9 Å².